The molecule has 0 saturated heterocycles. The maximum absolute atomic E-state index is 6.08. The van der Waals surface area contributed by atoms with Crippen LogP contribution in [0.4, 0.5) is 0 Å². The van der Waals surface area contributed by atoms with E-state index in [-0.39, 0.29) is 0 Å². The number of H-pyrrole nitrogens is 1. The molecule has 0 saturated carbocycles. The molecule has 0 unspecified atom stereocenters. The Kier molecular flexibility index (Phi) is 2.41. The van der Waals surface area contributed by atoms with Gasteiger partial charge in [-0.1, -0.05) is 11.6 Å². The Morgan fingerprint density at radius 2 is 2.29 bits per heavy atom. The number of nitrogens with one attached hydrogen (secondary N) is 1. The third-order valence-corrected chi connectivity index (χ3v) is 2.28. The summed E-state index contributed by atoms with van der Waals surface area (Å²) >= 11 is 6.08. The lowest BCUT2D eigenvalue weighted by Crippen LogP contribution is -2.27. The molecule has 0 atom stereocenters. The number of nitrogens with zero attached hydrogens (tertiary/aromatic N) is 1. The standard InChI is InChI=1S/C10H9ClN2O/c1-14-8-2-3-10(9(11)6-8)13-5-4-12-7-13/h2-7H,1H3/p+1. The van der Waals surface area contributed by atoms with Crippen LogP contribution in [0.3, 0.4) is 0 Å². The van der Waals surface area contributed by atoms with Crippen molar-refractivity contribution in [3.8, 4) is 11.4 Å². The molecule has 0 aliphatic rings. The number of rotatable bonds is 2. The molecule has 2 aromatic rings. The number of hydrogen-bond donors (Lipinski definition) is 1. The summed E-state index contributed by atoms with van der Waals surface area (Å²) in [7, 11) is 1.62. The summed E-state index contributed by atoms with van der Waals surface area (Å²) in [5.41, 5.74) is 0.925. The highest BCUT2D eigenvalue weighted by atomic mass is 35.5. The van der Waals surface area contributed by atoms with Gasteiger partial charge in [0.15, 0.2) is 5.69 Å². The third kappa shape index (κ3) is 1.59. The summed E-state index contributed by atoms with van der Waals surface area (Å²) in [5.74, 6) is 0.759. The Morgan fingerprint density at radius 3 is 2.86 bits per heavy atom. The molecular weight excluding hydrogens is 200 g/mol. The van der Waals surface area contributed by atoms with Gasteiger partial charge in [0, 0.05) is 6.07 Å². The van der Waals surface area contributed by atoms with Crippen LogP contribution < -0.4 is 9.30 Å². The predicted octanol–water partition coefficient (Wildman–Crippen LogP) is 1.95. The number of aromatic nitrogens is 2. The zero-order chi connectivity index (χ0) is 9.97. The van der Waals surface area contributed by atoms with Crippen molar-refractivity contribution in [2.45, 2.75) is 0 Å². The molecule has 1 N–H and O–H groups in total. The molecule has 0 bridgehead atoms. The molecule has 0 fully saturated rings. The predicted molar refractivity (Wildman–Crippen MR) is 53.9 cm³/mol. The van der Waals surface area contributed by atoms with Crippen LogP contribution in [0, 0.1) is 0 Å². The van der Waals surface area contributed by atoms with Gasteiger partial charge < -0.3 is 4.74 Å². The molecule has 2 rings (SSSR count). The fourth-order valence-corrected chi connectivity index (χ4v) is 1.53. The van der Waals surface area contributed by atoms with Crippen molar-refractivity contribution in [2.75, 3.05) is 7.11 Å². The smallest absolute Gasteiger partial charge is 0.246 e. The van der Waals surface area contributed by atoms with E-state index in [4.69, 9.17) is 16.3 Å². The van der Waals surface area contributed by atoms with Gasteiger partial charge >= 0.3 is 0 Å². The minimum absolute atomic E-state index is 0.661. The quantitative estimate of drug-likeness (QED) is 0.753. The zero-order valence-corrected chi connectivity index (χ0v) is 8.45. The highest BCUT2D eigenvalue weighted by molar-refractivity contribution is 6.32. The largest absolute Gasteiger partial charge is 0.497 e. The van der Waals surface area contributed by atoms with E-state index in [0.717, 1.165) is 11.4 Å². The van der Waals surface area contributed by atoms with Gasteiger partial charge in [0.05, 0.1) is 12.1 Å². The summed E-state index contributed by atoms with van der Waals surface area (Å²) in [6.07, 6.45) is 5.56. The average molecular weight is 210 g/mol. The summed E-state index contributed by atoms with van der Waals surface area (Å²) in [6.45, 7) is 0. The molecule has 0 amide bonds. The van der Waals surface area contributed by atoms with E-state index in [1.54, 1.807) is 13.2 Å². The molecule has 0 radical (unpaired) electrons. The Hall–Kier alpha value is -1.48. The monoisotopic (exact) mass is 209 g/mol. The first-order valence-corrected chi connectivity index (χ1v) is 4.57. The fraction of sp³-hybridized carbons (Fsp3) is 0.100. The van der Waals surface area contributed by atoms with Crippen molar-refractivity contribution in [3.63, 3.8) is 0 Å². The first-order chi connectivity index (χ1) is 6.81. The summed E-state index contributed by atoms with van der Waals surface area (Å²) in [5, 5.41) is 0.661. The second-order valence-corrected chi connectivity index (χ2v) is 3.24. The van der Waals surface area contributed by atoms with Crippen LogP contribution in [0.1, 0.15) is 0 Å². The minimum Gasteiger partial charge on any atom is -0.497 e. The van der Waals surface area contributed by atoms with E-state index < -0.39 is 0 Å². The number of halogens is 1. The van der Waals surface area contributed by atoms with E-state index in [2.05, 4.69) is 4.98 Å². The maximum Gasteiger partial charge on any atom is 0.246 e. The van der Waals surface area contributed by atoms with Crippen LogP contribution in [0.15, 0.2) is 36.9 Å². The van der Waals surface area contributed by atoms with Gasteiger partial charge in [-0.25, -0.2) is 9.55 Å². The maximum atomic E-state index is 6.08. The average Bonchev–Trinajstić information content (AvgIpc) is 2.70. The highest BCUT2D eigenvalue weighted by Crippen LogP contribution is 2.21. The highest BCUT2D eigenvalue weighted by Gasteiger charge is 2.08. The first kappa shape index (κ1) is 9.09. The minimum atomic E-state index is 0.661. The van der Waals surface area contributed by atoms with Gasteiger partial charge in [0.2, 0.25) is 6.33 Å². The number of methoxy groups -OCH3 is 1. The van der Waals surface area contributed by atoms with E-state index in [1.807, 2.05) is 35.4 Å². The number of ether oxygens (including phenoxy) is 1. The Labute approximate surface area is 86.9 Å². The summed E-state index contributed by atoms with van der Waals surface area (Å²) in [4.78, 5) is 2.96. The van der Waals surface area contributed by atoms with Gasteiger partial charge in [0.1, 0.15) is 18.1 Å². The molecule has 14 heavy (non-hydrogen) atoms. The Bertz CT molecular complexity index is 426. The van der Waals surface area contributed by atoms with E-state index in [9.17, 15) is 0 Å². The van der Waals surface area contributed by atoms with E-state index >= 15 is 0 Å². The lowest BCUT2D eigenvalue weighted by molar-refractivity contribution is -0.594. The van der Waals surface area contributed by atoms with Crippen molar-refractivity contribution in [1.29, 1.82) is 0 Å². The topological polar surface area (TPSA) is 28.9 Å². The Morgan fingerprint density at radius 1 is 1.43 bits per heavy atom. The van der Waals surface area contributed by atoms with Crippen molar-refractivity contribution >= 4 is 11.6 Å². The zero-order valence-electron chi connectivity index (χ0n) is 7.70. The molecule has 0 aliphatic heterocycles. The van der Waals surface area contributed by atoms with Crippen LogP contribution in [-0.2, 0) is 0 Å². The number of imidazole rings is 1. The molecule has 1 aromatic heterocycles. The van der Waals surface area contributed by atoms with Gasteiger partial charge in [-0.2, -0.15) is 0 Å². The number of hydrogen-bond acceptors (Lipinski definition) is 1. The van der Waals surface area contributed by atoms with Crippen LogP contribution in [0.2, 0.25) is 5.02 Å². The lowest BCUT2D eigenvalue weighted by Gasteiger charge is -2.02. The summed E-state index contributed by atoms with van der Waals surface area (Å²) < 4.78 is 6.97. The van der Waals surface area contributed by atoms with Crippen molar-refractivity contribution in [1.82, 2.24) is 4.98 Å². The third-order valence-electron chi connectivity index (χ3n) is 1.98. The first-order valence-electron chi connectivity index (χ1n) is 4.19. The summed E-state index contributed by atoms with van der Waals surface area (Å²) in [6, 6.07) is 5.58. The molecule has 3 nitrogen and oxygen atoms in total. The molecule has 0 spiro atoms. The molecule has 0 aliphatic carbocycles. The van der Waals surface area contributed by atoms with Gasteiger partial charge in [-0.3, -0.25) is 0 Å². The van der Waals surface area contributed by atoms with Gasteiger partial charge in [-0.15, -0.1) is 0 Å². The van der Waals surface area contributed by atoms with Crippen molar-refractivity contribution < 1.29 is 9.30 Å². The molecule has 1 aromatic carbocycles. The second kappa shape index (κ2) is 3.72. The van der Waals surface area contributed by atoms with Crippen molar-refractivity contribution in [2.24, 2.45) is 0 Å². The molecule has 4 heteroatoms. The number of aromatic amines is 1. The lowest BCUT2D eigenvalue weighted by atomic mass is 10.3. The van der Waals surface area contributed by atoms with Crippen molar-refractivity contribution in [3.05, 3.63) is 41.9 Å². The van der Waals surface area contributed by atoms with Gasteiger partial charge in [0.25, 0.3) is 0 Å². The van der Waals surface area contributed by atoms with E-state index in [0.29, 0.717) is 5.02 Å². The molecule has 72 valence electrons. The fourth-order valence-electron chi connectivity index (χ4n) is 1.26. The van der Waals surface area contributed by atoms with Crippen LogP contribution in [0.25, 0.3) is 5.69 Å². The second-order valence-electron chi connectivity index (χ2n) is 2.84. The van der Waals surface area contributed by atoms with Gasteiger partial charge in [-0.05, 0) is 12.1 Å². The van der Waals surface area contributed by atoms with Crippen LogP contribution in [0.5, 0.6) is 5.75 Å². The van der Waals surface area contributed by atoms with Crippen LogP contribution >= 0.6 is 11.6 Å². The normalized spacial score (nSPS) is 10.1. The molecular formula is C10H10ClN2O+. The van der Waals surface area contributed by atoms with E-state index in [1.165, 1.54) is 0 Å². The SMILES string of the molecule is COc1ccc(-[n+]2cc[nH]c2)c(Cl)c1. The molecule has 1 heterocycles. The van der Waals surface area contributed by atoms with Crippen LogP contribution in [-0.4, -0.2) is 12.1 Å². The Balaban J connectivity index is 2.46. The number of benzene rings is 1.